The van der Waals surface area contributed by atoms with E-state index in [1.807, 2.05) is 18.2 Å². The van der Waals surface area contributed by atoms with Crippen LogP contribution in [0, 0.1) is 0 Å². The van der Waals surface area contributed by atoms with E-state index in [0.717, 1.165) is 6.42 Å². The molecular weight excluding hydrogens is 230 g/mol. The summed E-state index contributed by atoms with van der Waals surface area (Å²) in [4.78, 5) is 21.0. The molecule has 1 aliphatic carbocycles. The number of nitrogens with zero attached hydrogens (tertiary/aromatic N) is 2. The van der Waals surface area contributed by atoms with Crippen molar-refractivity contribution in [3.63, 3.8) is 0 Å². The fraction of sp³-hybridized carbons (Fsp3) is 0.231. The Kier molecular flexibility index (Phi) is 2.60. The summed E-state index contributed by atoms with van der Waals surface area (Å²) in [6.45, 7) is 0. The molecule has 0 spiro atoms. The van der Waals surface area contributed by atoms with Gasteiger partial charge in [0.05, 0.1) is 11.6 Å². The highest BCUT2D eigenvalue weighted by Crippen LogP contribution is 2.29. The van der Waals surface area contributed by atoms with E-state index in [9.17, 15) is 4.79 Å². The van der Waals surface area contributed by atoms with Gasteiger partial charge in [-0.15, -0.1) is 0 Å². The van der Waals surface area contributed by atoms with Crippen molar-refractivity contribution in [2.75, 3.05) is 5.06 Å². The Balaban J connectivity index is 1.85. The molecule has 2 bridgehead atoms. The van der Waals surface area contributed by atoms with E-state index >= 15 is 0 Å². The molecule has 5 nitrogen and oxygen atoms in total. The minimum absolute atomic E-state index is 0.0858. The molecule has 1 aliphatic heterocycles. The van der Waals surface area contributed by atoms with Gasteiger partial charge in [-0.3, -0.25) is 9.63 Å². The van der Waals surface area contributed by atoms with Crippen LogP contribution < -0.4 is 10.8 Å². The second kappa shape index (κ2) is 4.27. The summed E-state index contributed by atoms with van der Waals surface area (Å²) in [5.74, 6) is 0.210. The maximum absolute atomic E-state index is 11.0. The maximum atomic E-state index is 11.0. The molecule has 0 aromatic carbocycles. The van der Waals surface area contributed by atoms with Crippen LogP contribution in [0.2, 0.25) is 0 Å². The van der Waals surface area contributed by atoms with Crippen molar-refractivity contribution < 1.29 is 9.63 Å². The van der Waals surface area contributed by atoms with Gasteiger partial charge in [-0.2, -0.15) is 0 Å². The summed E-state index contributed by atoms with van der Waals surface area (Å²) in [5, 5.41) is 1.77. The molecule has 2 N–H and O–H groups in total. The van der Waals surface area contributed by atoms with E-state index in [2.05, 4.69) is 11.1 Å². The summed E-state index contributed by atoms with van der Waals surface area (Å²) in [6, 6.07) is 3.58. The van der Waals surface area contributed by atoms with E-state index < -0.39 is 5.91 Å². The number of anilines is 1. The van der Waals surface area contributed by atoms with Gasteiger partial charge in [0.25, 0.3) is 0 Å². The Morgan fingerprint density at radius 3 is 2.94 bits per heavy atom. The molecule has 2 aliphatic rings. The van der Waals surface area contributed by atoms with Gasteiger partial charge in [-0.1, -0.05) is 24.3 Å². The van der Waals surface area contributed by atoms with Crippen molar-refractivity contribution in [2.24, 2.45) is 5.73 Å². The Bertz CT molecular complexity index is 522. The van der Waals surface area contributed by atoms with Crippen LogP contribution >= 0.6 is 0 Å². The van der Waals surface area contributed by atoms with Gasteiger partial charge in [-0.05, 0) is 12.1 Å². The van der Waals surface area contributed by atoms with Gasteiger partial charge in [0.1, 0.15) is 6.10 Å². The normalized spacial score (nSPS) is 25.2. The minimum Gasteiger partial charge on any atom is -0.366 e. The number of nitrogens with two attached hydrogens (primary N) is 1. The van der Waals surface area contributed by atoms with Crippen molar-refractivity contribution in [1.82, 2.24) is 4.98 Å². The van der Waals surface area contributed by atoms with Crippen LogP contribution in [0.5, 0.6) is 0 Å². The highest BCUT2D eigenvalue weighted by Gasteiger charge is 2.32. The molecule has 92 valence electrons. The third kappa shape index (κ3) is 1.89. The topological polar surface area (TPSA) is 68.5 Å². The van der Waals surface area contributed by atoms with Crippen molar-refractivity contribution in [3.05, 3.63) is 48.2 Å². The minimum atomic E-state index is -0.477. The maximum Gasteiger partial charge on any atom is 0.250 e. The summed E-state index contributed by atoms with van der Waals surface area (Å²) in [6.07, 6.45) is 10.6. The number of rotatable bonds is 2. The Labute approximate surface area is 105 Å². The fourth-order valence-electron chi connectivity index (χ4n) is 2.14. The van der Waals surface area contributed by atoms with Crippen LogP contribution in [0.4, 0.5) is 5.82 Å². The van der Waals surface area contributed by atoms with Crippen LogP contribution in [0.15, 0.2) is 42.6 Å². The number of hydrogen-bond acceptors (Lipinski definition) is 4. The highest BCUT2D eigenvalue weighted by atomic mass is 16.7. The molecule has 1 fully saturated rings. The average Bonchev–Trinajstić information content (AvgIpc) is 2.61. The lowest BCUT2D eigenvalue weighted by Gasteiger charge is -2.21. The van der Waals surface area contributed by atoms with E-state index in [1.54, 1.807) is 17.2 Å². The fourth-order valence-corrected chi connectivity index (χ4v) is 2.14. The predicted molar refractivity (Wildman–Crippen MR) is 66.8 cm³/mol. The number of hydroxylamine groups is 1. The van der Waals surface area contributed by atoms with Gasteiger partial charge < -0.3 is 5.73 Å². The second-order valence-corrected chi connectivity index (χ2v) is 4.31. The van der Waals surface area contributed by atoms with Gasteiger partial charge in [0.2, 0.25) is 5.91 Å². The lowest BCUT2D eigenvalue weighted by Crippen LogP contribution is -2.27. The Morgan fingerprint density at radius 1 is 1.39 bits per heavy atom. The number of pyridine rings is 1. The van der Waals surface area contributed by atoms with Crippen LogP contribution in [0.3, 0.4) is 0 Å². The monoisotopic (exact) mass is 243 g/mol. The molecule has 2 atom stereocenters. The molecule has 2 unspecified atom stereocenters. The SMILES string of the molecule is NC(=O)c1ccc(N2OC3C=CC=CC2C3)nc1. The number of hydrogen-bond donors (Lipinski definition) is 1. The molecule has 1 saturated heterocycles. The highest BCUT2D eigenvalue weighted by molar-refractivity contribution is 5.92. The van der Waals surface area contributed by atoms with Crippen molar-refractivity contribution in [1.29, 1.82) is 0 Å². The summed E-state index contributed by atoms with van der Waals surface area (Å²) >= 11 is 0. The van der Waals surface area contributed by atoms with Crippen molar-refractivity contribution >= 4 is 11.7 Å². The van der Waals surface area contributed by atoms with Crippen LogP contribution in [-0.2, 0) is 4.84 Å². The zero-order valence-electron chi connectivity index (χ0n) is 9.69. The number of carbonyl (C=O) groups is 1. The number of amides is 1. The number of fused-ring (bicyclic) bond motifs is 2. The smallest absolute Gasteiger partial charge is 0.250 e. The number of allylic oxidation sites excluding steroid dienone is 2. The van der Waals surface area contributed by atoms with E-state index in [4.69, 9.17) is 10.6 Å². The molecule has 0 saturated carbocycles. The molecule has 1 aromatic heterocycles. The molecule has 3 rings (SSSR count). The quantitative estimate of drug-likeness (QED) is 0.847. The molecule has 2 heterocycles. The Hall–Kier alpha value is -2.14. The number of carbonyl (C=O) groups excluding carboxylic acids is 1. The number of primary amides is 1. The second-order valence-electron chi connectivity index (χ2n) is 4.31. The van der Waals surface area contributed by atoms with Crippen molar-refractivity contribution in [2.45, 2.75) is 18.6 Å². The van der Waals surface area contributed by atoms with Crippen LogP contribution in [0.1, 0.15) is 16.8 Å². The van der Waals surface area contributed by atoms with Crippen LogP contribution in [-0.4, -0.2) is 23.0 Å². The van der Waals surface area contributed by atoms with Gasteiger partial charge in [0.15, 0.2) is 5.82 Å². The van der Waals surface area contributed by atoms with E-state index in [-0.39, 0.29) is 12.1 Å². The summed E-state index contributed by atoms with van der Waals surface area (Å²) in [7, 11) is 0. The zero-order valence-corrected chi connectivity index (χ0v) is 9.69. The molecule has 1 amide bonds. The molecule has 0 radical (unpaired) electrons. The first kappa shape index (κ1) is 11.0. The standard InChI is InChI=1S/C13H13N3O2/c14-13(17)9-5-6-12(15-8-9)16-10-3-1-2-4-11(7-10)18-16/h1-6,8,10-11H,7H2,(H2,14,17). The van der Waals surface area contributed by atoms with E-state index in [1.165, 1.54) is 6.20 Å². The zero-order chi connectivity index (χ0) is 12.5. The van der Waals surface area contributed by atoms with Gasteiger partial charge in [-0.25, -0.2) is 10.0 Å². The predicted octanol–water partition coefficient (Wildman–Crippen LogP) is 1.19. The first-order valence-electron chi connectivity index (χ1n) is 5.81. The molecule has 5 heteroatoms. The third-order valence-electron chi connectivity index (χ3n) is 3.05. The largest absolute Gasteiger partial charge is 0.366 e. The molecule has 18 heavy (non-hydrogen) atoms. The van der Waals surface area contributed by atoms with E-state index in [0.29, 0.717) is 11.4 Å². The summed E-state index contributed by atoms with van der Waals surface area (Å²) < 4.78 is 0. The first-order valence-corrected chi connectivity index (χ1v) is 5.81. The Morgan fingerprint density at radius 2 is 2.22 bits per heavy atom. The average molecular weight is 243 g/mol. The molecular formula is C13H13N3O2. The summed E-state index contributed by atoms with van der Waals surface area (Å²) in [5.41, 5.74) is 5.58. The lowest BCUT2D eigenvalue weighted by atomic mass is 10.1. The van der Waals surface area contributed by atoms with Gasteiger partial charge in [0, 0.05) is 12.6 Å². The van der Waals surface area contributed by atoms with Crippen molar-refractivity contribution in [3.8, 4) is 0 Å². The first-order chi connectivity index (χ1) is 8.74. The lowest BCUT2D eigenvalue weighted by molar-refractivity contribution is 0.0999. The third-order valence-corrected chi connectivity index (χ3v) is 3.05. The van der Waals surface area contributed by atoms with Gasteiger partial charge >= 0.3 is 0 Å². The van der Waals surface area contributed by atoms with Crippen LogP contribution in [0.25, 0.3) is 0 Å². The molecule has 1 aromatic rings. The number of aromatic nitrogens is 1.